The Bertz CT molecular complexity index is 1720. The molecule has 2 amide bonds. The van der Waals surface area contributed by atoms with Gasteiger partial charge in [0.25, 0.3) is 0 Å². The number of para-hydroxylation sites is 1. The molecule has 2 bridgehead atoms. The number of rotatable bonds is 4. The van der Waals surface area contributed by atoms with Crippen LogP contribution in [0.3, 0.4) is 0 Å². The highest BCUT2D eigenvalue weighted by Gasteiger charge is 2.69. The first-order valence-electron chi connectivity index (χ1n) is 13.3. The molecule has 1 N–H and O–H groups in total. The summed E-state index contributed by atoms with van der Waals surface area (Å²) < 4.78 is 7.07. The average Bonchev–Trinajstić information content (AvgIpc) is 3.69. The van der Waals surface area contributed by atoms with Crippen molar-refractivity contribution < 1.29 is 14.3 Å². The van der Waals surface area contributed by atoms with E-state index in [0.29, 0.717) is 5.69 Å². The Kier molecular flexibility index (Phi) is 5.66. The lowest BCUT2D eigenvalue weighted by Crippen LogP contribution is -2.42. The Morgan fingerprint density at radius 2 is 1.57 bits per heavy atom. The Labute approximate surface area is 246 Å². The summed E-state index contributed by atoms with van der Waals surface area (Å²) in [6, 6.07) is 25.2. The van der Waals surface area contributed by atoms with E-state index in [1.807, 2.05) is 66.7 Å². The molecule has 40 heavy (non-hydrogen) atoms. The quantitative estimate of drug-likeness (QED) is 0.255. The summed E-state index contributed by atoms with van der Waals surface area (Å²) in [6.45, 7) is 0. The van der Waals surface area contributed by atoms with E-state index in [9.17, 15) is 14.4 Å². The SMILES string of the molecule is O=C1C2C3CC(C2C(=O)N1c1ccc(Br)cc1)C1C3Sc2[nH]c(=O)sc2[C@@H]1c1cccc(Oc2ccccc2)c1. The van der Waals surface area contributed by atoms with E-state index in [-0.39, 0.29) is 57.4 Å². The predicted molar refractivity (Wildman–Crippen MR) is 158 cm³/mol. The van der Waals surface area contributed by atoms with Crippen LogP contribution in [-0.2, 0) is 9.59 Å². The van der Waals surface area contributed by atoms with Gasteiger partial charge in [-0.1, -0.05) is 57.6 Å². The third-order valence-corrected chi connectivity index (χ3v) is 12.1. The summed E-state index contributed by atoms with van der Waals surface area (Å²) in [6.07, 6.45) is 0.860. The number of aromatic amines is 1. The van der Waals surface area contributed by atoms with Crippen molar-refractivity contribution in [2.45, 2.75) is 22.6 Å². The predicted octanol–water partition coefficient (Wildman–Crippen LogP) is 6.67. The van der Waals surface area contributed by atoms with E-state index < -0.39 is 0 Å². The fourth-order valence-corrected chi connectivity index (χ4v) is 10.8. The van der Waals surface area contributed by atoms with Gasteiger partial charge >= 0.3 is 4.87 Å². The maximum atomic E-state index is 13.9. The number of carbonyl (C=O) groups excluding carboxylic acids is 2. The number of fused-ring (bicyclic) bond motifs is 9. The minimum Gasteiger partial charge on any atom is -0.457 e. The first-order chi connectivity index (χ1) is 19.5. The molecule has 6 unspecified atom stereocenters. The third kappa shape index (κ3) is 3.63. The van der Waals surface area contributed by atoms with Gasteiger partial charge in [0.2, 0.25) is 11.8 Å². The molecule has 1 aromatic heterocycles. The van der Waals surface area contributed by atoms with Gasteiger partial charge in [-0.25, -0.2) is 0 Å². The molecule has 2 saturated carbocycles. The molecule has 6 nitrogen and oxygen atoms in total. The molecule has 200 valence electrons. The molecule has 7 atom stereocenters. The molecule has 4 aromatic rings. The van der Waals surface area contributed by atoms with Crippen molar-refractivity contribution in [2.75, 3.05) is 4.90 Å². The van der Waals surface area contributed by atoms with Gasteiger partial charge in [-0.05, 0) is 78.3 Å². The standard InChI is InChI=1S/C31H23BrN2O4S2/c32-16-9-11-17(12-10-16)34-29(35)24-20-14-21(25(24)30(34)36)26-23(20)22(27-28(39-26)33-31(37)40-27)15-5-4-8-19(13-15)38-18-6-2-1-3-7-18/h1-13,20-26H,14H2,(H,33,37)/t20?,21?,22-,23?,24?,25?,26?/m1/s1. The van der Waals surface area contributed by atoms with Crippen molar-refractivity contribution in [1.29, 1.82) is 0 Å². The van der Waals surface area contributed by atoms with Crippen molar-refractivity contribution in [2.24, 2.45) is 29.6 Å². The summed E-state index contributed by atoms with van der Waals surface area (Å²) in [7, 11) is 0. The fraction of sp³-hybridized carbons (Fsp3) is 0.258. The summed E-state index contributed by atoms with van der Waals surface area (Å²) in [5.74, 6) is 0.940. The van der Waals surface area contributed by atoms with Crippen LogP contribution in [0.15, 0.2) is 93.2 Å². The van der Waals surface area contributed by atoms with Crippen LogP contribution in [0.25, 0.3) is 0 Å². The highest BCUT2D eigenvalue weighted by atomic mass is 79.9. The molecule has 2 aliphatic carbocycles. The number of nitrogens with zero attached hydrogens (tertiary/aromatic N) is 1. The van der Waals surface area contributed by atoms with E-state index in [4.69, 9.17) is 4.74 Å². The number of thiazole rings is 1. The number of carbonyl (C=O) groups is 2. The zero-order valence-corrected chi connectivity index (χ0v) is 24.2. The molecule has 8 rings (SSSR count). The lowest BCUT2D eigenvalue weighted by atomic mass is 9.68. The largest absolute Gasteiger partial charge is 0.457 e. The van der Waals surface area contributed by atoms with Gasteiger partial charge in [0.1, 0.15) is 11.5 Å². The van der Waals surface area contributed by atoms with E-state index in [0.717, 1.165) is 37.9 Å². The lowest BCUT2D eigenvalue weighted by Gasteiger charge is -2.43. The summed E-state index contributed by atoms with van der Waals surface area (Å²) >= 11 is 6.42. The number of hydrogen-bond donors (Lipinski definition) is 1. The minimum atomic E-state index is -0.327. The molecule has 3 aromatic carbocycles. The van der Waals surface area contributed by atoms with Crippen LogP contribution in [0.4, 0.5) is 5.69 Å². The molecule has 3 fully saturated rings. The van der Waals surface area contributed by atoms with Gasteiger partial charge in [0.15, 0.2) is 0 Å². The van der Waals surface area contributed by atoms with Gasteiger partial charge in [0.05, 0.1) is 22.5 Å². The van der Waals surface area contributed by atoms with Crippen LogP contribution in [0.1, 0.15) is 22.8 Å². The van der Waals surface area contributed by atoms with E-state index in [2.05, 4.69) is 33.0 Å². The van der Waals surface area contributed by atoms with Crippen LogP contribution in [0.5, 0.6) is 11.5 Å². The van der Waals surface area contributed by atoms with E-state index in [1.165, 1.54) is 16.2 Å². The number of ether oxygens (including phenoxy) is 1. The number of thioether (sulfide) groups is 1. The summed E-state index contributed by atoms with van der Waals surface area (Å²) in [5.41, 5.74) is 1.71. The number of aromatic nitrogens is 1. The normalized spacial score (nSPS) is 29.8. The van der Waals surface area contributed by atoms with Gasteiger partial charge < -0.3 is 9.72 Å². The fourth-order valence-electron chi connectivity index (χ4n) is 7.63. The molecular weight excluding hydrogens is 608 g/mol. The number of nitrogens with one attached hydrogen (secondary N) is 1. The van der Waals surface area contributed by atoms with Crippen molar-refractivity contribution in [3.05, 3.63) is 103 Å². The van der Waals surface area contributed by atoms with Crippen molar-refractivity contribution in [3.63, 3.8) is 0 Å². The maximum Gasteiger partial charge on any atom is 0.305 e. The molecule has 9 heteroatoms. The second-order valence-electron chi connectivity index (χ2n) is 10.9. The molecule has 2 aliphatic heterocycles. The molecule has 1 saturated heterocycles. The monoisotopic (exact) mass is 630 g/mol. The van der Waals surface area contributed by atoms with Crippen LogP contribution in [0, 0.1) is 29.6 Å². The topological polar surface area (TPSA) is 79.5 Å². The summed E-state index contributed by atoms with van der Waals surface area (Å²) in [4.78, 5) is 45.7. The maximum absolute atomic E-state index is 13.9. The Balaban J connectivity index is 1.19. The number of amides is 2. The number of halogens is 1. The number of anilines is 1. The highest BCUT2D eigenvalue weighted by Crippen LogP contribution is 2.68. The van der Waals surface area contributed by atoms with Gasteiger partial charge in [-0.3, -0.25) is 19.3 Å². The van der Waals surface area contributed by atoms with Crippen molar-refractivity contribution >= 4 is 56.5 Å². The van der Waals surface area contributed by atoms with Crippen LogP contribution < -0.4 is 14.5 Å². The third-order valence-electron chi connectivity index (χ3n) is 9.00. The van der Waals surface area contributed by atoms with E-state index in [1.54, 1.807) is 11.8 Å². The molecule has 4 aliphatic rings. The second-order valence-corrected chi connectivity index (χ2v) is 14.1. The van der Waals surface area contributed by atoms with Gasteiger partial charge in [-0.15, -0.1) is 11.8 Å². The Morgan fingerprint density at radius 1 is 0.850 bits per heavy atom. The van der Waals surface area contributed by atoms with Crippen LogP contribution in [0.2, 0.25) is 0 Å². The zero-order valence-electron chi connectivity index (χ0n) is 21.0. The first kappa shape index (κ1) is 24.6. The molecule has 0 spiro atoms. The van der Waals surface area contributed by atoms with Crippen molar-refractivity contribution in [1.82, 2.24) is 4.98 Å². The lowest BCUT2D eigenvalue weighted by molar-refractivity contribution is -0.123. The highest BCUT2D eigenvalue weighted by molar-refractivity contribution is 9.10. The van der Waals surface area contributed by atoms with E-state index >= 15 is 0 Å². The molecule has 3 heterocycles. The smallest absolute Gasteiger partial charge is 0.305 e. The van der Waals surface area contributed by atoms with Gasteiger partial charge in [0, 0.05) is 20.5 Å². The Morgan fingerprint density at radius 3 is 2.35 bits per heavy atom. The zero-order chi connectivity index (χ0) is 27.1. The number of imide groups is 1. The summed E-state index contributed by atoms with van der Waals surface area (Å²) in [5, 5.41) is 1.05. The van der Waals surface area contributed by atoms with Crippen molar-refractivity contribution in [3.8, 4) is 11.5 Å². The van der Waals surface area contributed by atoms with Crippen LogP contribution >= 0.6 is 39.0 Å². The number of H-pyrrole nitrogens is 1. The number of benzene rings is 3. The average molecular weight is 632 g/mol. The number of hydrogen-bond acceptors (Lipinski definition) is 6. The first-order valence-corrected chi connectivity index (χ1v) is 15.8. The Hall–Kier alpha value is -3.14. The molecular formula is C31H23BrN2O4S2. The minimum absolute atomic E-state index is 0.0508. The second kappa shape index (κ2) is 9.19. The van der Waals surface area contributed by atoms with Gasteiger partial charge in [-0.2, -0.15) is 0 Å². The van der Waals surface area contributed by atoms with Crippen LogP contribution in [-0.4, -0.2) is 22.0 Å². The molecule has 0 radical (unpaired) electrons.